The van der Waals surface area contributed by atoms with Gasteiger partial charge in [0, 0.05) is 23.8 Å². The lowest BCUT2D eigenvalue weighted by atomic mass is 9.96. The van der Waals surface area contributed by atoms with Crippen LogP contribution in [0.1, 0.15) is 29.5 Å². The molecule has 132 valence electrons. The van der Waals surface area contributed by atoms with Crippen molar-refractivity contribution < 1.29 is 4.79 Å². The molecule has 2 aromatic rings. The van der Waals surface area contributed by atoms with Crippen LogP contribution in [0, 0.1) is 19.8 Å². The van der Waals surface area contributed by atoms with Crippen molar-refractivity contribution in [1.82, 2.24) is 4.90 Å². The van der Waals surface area contributed by atoms with Crippen LogP contribution in [0.2, 0.25) is 5.02 Å². The summed E-state index contributed by atoms with van der Waals surface area (Å²) in [4.78, 5) is 15.1. The van der Waals surface area contributed by atoms with E-state index in [1.165, 1.54) is 11.1 Å². The Morgan fingerprint density at radius 3 is 2.84 bits per heavy atom. The lowest BCUT2D eigenvalue weighted by Gasteiger charge is -2.32. The maximum absolute atomic E-state index is 12.7. The van der Waals surface area contributed by atoms with Gasteiger partial charge in [-0.25, -0.2) is 0 Å². The molecular formula is C21H25ClN2O. The highest BCUT2D eigenvalue weighted by molar-refractivity contribution is 6.30. The normalized spacial score (nSPS) is 18.1. The minimum absolute atomic E-state index is 0.0350. The van der Waals surface area contributed by atoms with Crippen LogP contribution in [0.25, 0.3) is 0 Å². The number of amides is 1. The molecule has 1 aliphatic rings. The number of likely N-dealkylation sites (tertiary alicyclic amines) is 1. The molecule has 1 amide bonds. The van der Waals surface area contributed by atoms with Crippen LogP contribution in [-0.2, 0) is 11.3 Å². The summed E-state index contributed by atoms with van der Waals surface area (Å²) in [6, 6.07) is 14.0. The monoisotopic (exact) mass is 356 g/mol. The van der Waals surface area contributed by atoms with E-state index in [1.807, 2.05) is 30.3 Å². The largest absolute Gasteiger partial charge is 0.326 e. The summed E-state index contributed by atoms with van der Waals surface area (Å²) in [5, 5.41) is 3.89. The molecule has 1 atom stereocenters. The second-order valence-corrected chi connectivity index (χ2v) is 7.38. The van der Waals surface area contributed by atoms with Crippen LogP contribution < -0.4 is 5.32 Å². The number of piperidine rings is 1. The first-order valence-corrected chi connectivity index (χ1v) is 9.24. The summed E-state index contributed by atoms with van der Waals surface area (Å²) in [5.74, 6) is 0.164. The van der Waals surface area contributed by atoms with Crippen molar-refractivity contribution in [3.05, 3.63) is 64.2 Å². The maximum atomic E-state index is 12.7. The van der Waals surface area contributed by atoms with Gasteiger partial charge in [-0.2, -0.15) is 0 Å². The SMILES string of the molecule is Cc1cccc(NC(=O)C2CCCN(Cc3cccc(Cl)c3)C2)c1C. The highest BCUT2D eigenvalue weighted by atomic mass is 35.5. The molecule has 1 unspecified atom stereocenters. The number of hydrogen-bond donors (Lipinski definition) is 1. The number of anilines is 1. The van der Waals surface area contributed by atoms with Gasteiger partial charge < -0.3 is 5.32 Å². The van der Waals surface area contributed by atoms with Crippen LogP contribution in [0.5, 0.6) is 0 Å². The predicted molar refractivity (Wildman–Crippen MR) is 104 cm³/mol. The van der Waals surface area contributed by atoms with Gasteiger partial charge in [0.15, 0.2) is 0 Å². The minimum atomic E-state index is 0.0350. The van der Waals surface area contributed by atoms with E-state index in [2.05, 4.69) is 36.2 Å². The lowest BCUT2D eigenvalue weighted by Crippen LogP contribution is -2.40. The number of aryl methyl sites for hydroxylation is 1. The maximum Gasteiger partial charge on any atom is 0.228 e. The van der Waals surface area contributed by atoms with Crippen molar-refractivity contribution >= 4 is 23.2 Å². The number of nitrogens with zero attached hydrogens (tertiary/aromatic N) is 1. The van der Waals surface area contributed by atoms with Crippen molar-refractivity contribution in [3.63, 3.8) is 0 Å². The van der Waals surface area contributed by atoms with Crippen molar-refractivity contribution in [2.24, 2.45) is 5.92 Å². The highest BCUT2D eigenvalue weighted by Gasteiger charge is 2.26. The number of carbonyl (C=O) groups is 1. The second kappa shape index (κ2) is 8.03. The third kappa shape index (κ3) is 4.62. The van der Waals surface area contributed by atoms with Crippen molar-refractivity contribution in [3.8, 4) is 0 Å². The van der Waals surface area contributed by atoms with E-state index in [1.54, 1.807) is 0 Å². The van der Waals surface area contributed by atoms with Crippen LogP contribution in [-0.4, -0.2) is 23.9 Å². The smallest absolute Gasteiger partial charge is 0.228 e. The van der Waals surface area contributed by atoms with E-state index in [4.69, 9.17) is 11.6 Å². The molecule has 0 radical (unpaired) electrons. The van der Waals surface area contributed by atoms with E-state index >= 15 is 0 Å². The molecule has 1 N–H and O–H groups in total. The number of nitrogens with one attached hydrogen (secondary N) is 1. The van der Waals surface area contributed by atoms with Gasteiger partial charge >= 0.3 is 0 Å². The number of benzene rings is 2. The first-order valence-electron chi connectivity index (χ1n) is 8.87. The van der Waals surface area contributed by atoms with E-state index < -0.39 is 0 Å². The summed E-state index contributed by atoms with van der Waals surface area (Å²) >= 11 is 6.08. The molecule has 3 nitrogen and oxygen atoms in total. The number of carbonyl (C=O) groups excluding carboxylic acids is 1. The zero-order valence-corrected chi connectivity index (χ0v) is 15.6. The Morgan fingerprint density at radius 2 is 2.04 bits per heavy atom. The molecule has 2 aromatic carbocycles. The summed E-state index contributed by atoms with van der Waals surface area (Å²) in [6.45, 7) is 6.78. The second-order valence-electron chi connectivity index (χ2n) is 6.94. The highest BCUT2D eigenvalue weighted by Crippen LogP contribution is 2.23. The fourth-order valence-corrected chi connectivity index (χ4v) is 3.64. The van der Waals surface area contributed by atoms with E-state index in [-0.39, 0.29) is 11.8 Å². The van der Waals surface area contributed by atoms with Gasteiger partial charge in [-0.1, -0.05) is 35.9 Å². The average Bonchev–Trinajstić information content (AvgIpc) is 2.59. The predicted octanol–water partition coefficient (Wildman–Crippen LogP) is 4.81. The lowest BCUT2D eigenvalue weighted by molar-refractivity contribution is -0.121. The Balaban J connectivity index is 1.62. The fraction of sp³-hybridized carbons (Fsp3) is 0.381. The Morgan fingerprint density at radius 1 is 1.24 bits per heavy atom. The molecule has 1 saturated heterocycles. The molecule has 1 heterocycles. The Kier molecular flexibility index (Phi) is 5.77. The topological polar surface area (TPSA) is 32.3 Å². The van der Waals surface area contributed by atoms with Gasteiger partial charge in [-0.3, -0.25) is 9.69 Å². The molecule has 0 spiro atoms. The van der Waals surface area contributed by atoms with Crippen LogP contribution >= 0.6 is 11.6 Å². The standard InChI is InChI=1S/C21H25ClN2O/c1-15-6-3-10-20(16(15)2)23-21(25)18-8-5-11-24(14-18)13-17-7-4-9-19(22)12-17/h3-4,6-7,9-10,12,18H,5,8,11,13-14H2,1-2H3,(H,23,25). The van der Waals surface area contributed by atoms with Gasteiger partial charge in [-0.15, -0.1) is 0 Å². The third-order valence-electron chi connectivity index (χ3n) is 5.03. The molecule has 1 fully saturated rings. The Hall–Kier alpha value is -1.84. The van der Waals surface area contributed by atoms with E-state index in [9.17, 15) is 4.79 Å². The fourth-order valence-electron chi connectivity index (χ4n) is 3.43. The first-order chi connectivity index (χ1) is 12.0. The molecule has 0 aliphatic carbocycles. The molecule has 3 rings (SSSR count). The van der Waals surface area contributed by atoms with Crippen molar-refractivity contribution in [1.29, 1.82) is 0 Å². The third-order valence-corrected chi connectivity index (χ3v) is 5.27. The number of halogens is 1. The van der Waals surface area contributed by atoms with Gasteiger partial charge in [0.05, 0.1) is 5.92 Å². The molecule has 1 aliphatic heterocycles. The van der Waals surface area contributed by atoms with Gasteiger partial charge in [0.1, 0.15) is 0 Å². The summed E-state index contributed by atoms with van der Waals surface area (Å²) in [5.41, 5.74) is 4.46. The molecule has 4 heteroatoms. The van der Waals surface area contributed by atoms with Gasteiger partial charge in [-0.05, 0) is 68.1 Å². The molecule has 0 bridgehead atoms. The zero-order valence-electron chi connectivity index (χ0n) is 14.9. The van der Waals surface area contributed by atoms with Crippen LogP contribution in [0.4, 0.5) is 5.69 Å². The Labute approximate surface area is 155 Å². The molecule has 25 heavy (non-hydrogen) atoms. The summed E-state index contributed by atoms with van der Waals surface area (Å²) in [7, 11) is 0. The molecule has 0 saturated carbocycles. The van der Waals surface area contributed by atoms with Crippen molar-refractivity contribution in [2.75, 3.05) is 18.4 Å². The van der Waals surface area contributed by atoms with Crippen LogP contribution in [0.3, 0.4) is 0 Å². The van der Waals surface area contributed by atoms with Crippen molar-refractivity contribution in [2.45, 2.75) is 33.2 Å². The summed E-state index contributed by atoms with van der Waals surface area (Å²) in [6.07, 6.45) is 1.99. The van der Waals surface area contributed by atoms with E-state index in [0.29, 0.717) is 0 Å². The number of rotatable bonds is 4. The quantitative estimate of drug-likeness (QED) is 0.852. The first kappa shape index (κ1) is 18.0. The van der Waals surface area contributed by atoms with Gasteiger partial charge in [0.25, 0.3) is 0 Å². The van der Waals surface area contributed by atoms with Crippen LogP contribution in [0.15, 0.2) is 42.5 Å². The van der Waals surface area contributed by atoms with Gasteiger partial charge in [0.2, 0.25) is 5.91 Å². The minimum Gasteiger partial charge on any atom is -0.326 e. The molecular weight excluding hydrogens is 332 g/mol. The van der Waals surface area contributed by atoms with E-state index in [0.717, 1.165) is 48.7 Å². The average molecular weight is 357 g/mol. The number of hydrogen-bond acceptors (Lipinski definition) is 2. The summed E-state index contributed by atoms with van der Waals surface area (Å²) < 4.78 is 0. The Bertz CT molecular complexity index is 759. The molecule has 0 aromatic heterocycles. The zero-order chi connectivity index (χ0) is 17.8.